The standard InChI is InChI=1S/C6H7NO4S2/c1-3-5(13(7,10)11)2-4(12-3)6(8)9/h2H,1H3,(H,8,9)(H2,7,10,11). The highest BCUT2D eigenvalue weighted by molar-refractivity contribution is 7.89. The molecule has 0 amide bonds. The second kappa shape index (κ2) is 3.09. The van der Waals surface area contributed by atoms with Gasteiger partial charge >= 0.3 is 5.97 Å². The fourth-order valence-electron chi connectivity index (χ4n) is 0.853. The quantitative estimate of drug-likeness (QED) is 0.755. The first-order valence-electron chi connectivity index (χ1n) is 3.19. The minimum atomic E-state index is -3.80. The van der Waals surface area contributed by atoms with Crippen LogP contribution < -0.4 is 5.14 Å². The zero-order chi connectivity index (χ0) is 10.2. The average Bonchev–Trinajstić information content (AvgIpc) is 2.29. The van der Waals surface area contributed by atoms with E-state index in [1.54, 1.807) is 0 Å². The van der Waals surface area contributed by atoms with E-state index in [2.05, 4.69) is 0 Å². The predicted molar refractivity (Wildman–Crippen MR) is 47.4 cm³/mol. The van der Waals surface area contributed by atoms with Gasteiger partial charge in [-0.15, -0.1) is 11.3 Å². The van der Waals surface area contributed by atoms with Crippen molar-refractivity contribution in [2.75, 3.05) is 0 Å². The third-order valence-electron chi connectivity index (χ3n) is 1.39. The van der Waals surface area contributed by atoms with E-state index in [1.807, 2.05) is 0 Å². The molecule has 0 bridgehead atoms. The number of nitrogens with two attached hydrogens (primary N) is 1. The van der Waals surface area contributed by atoms with Crippen molar-refractivity contribution in [3.05, 3.63) is 15.8 Å². The topological polar surface area (TPSA) is 97.5 Å². The van der Waals surface area contributed by atoms with Crippen LogP contribution in [0.2, 0.25) is 0 Å². The third-order valence-corrected chi connectivity index (χ3v) is 3.59. The molecule has 0 saturated carbocycles. The van der Waals surface area contributed by atoms with Crippen LogP contribution in [0, 0.1) is 6.92 Å². The first-order valence-corrected chi connectivity index (χ1v) is 5.55. The number of carboxylic acid groups (broad SMARTS) is 1. The van der Waals surface area contributed by atoms with Gasteiger partial charge in [-0.25, -0.2) is 18.4 Å². The summed E-state index contributed by atoms with van der Waals surface area (Å²) in [6.45, 7) is 1.51. The monoisotopic (exact) mass is 221 g/mol. The molecule has 3 N–H and O–H groups in total. The van der Waals surface area contributed by atoms with Crippen LogP contribution >= 0.6 is 11.3 Å². The normalized spacial score (nSPS) is 11.5. The molecule has 0 spiro atoms. The van der Waals surface area contributed by atoms with Crippen LogP contribution in [0.5, 0.6) is 0 Å². The van der Waals surface area contributed by atoms with Crippen LogP contribution in [0.15, 0.2) is 11.0 Å². The van der Waals surface area contributed by atoms with Gasteiger partial charge in [0.05, 0.1) is 4.90 Å². The van der Waals surface area contributed by atoms with E-state index in [0.29, 0.717) is 4.88 Å². The molecule has 5 nitrogen and oxygen atoms in total. The fraction of sp³-hybridized carbons (Fsp3) is 0.167. The molecule has 0 aliphatic heterocycles. The van der Waals surface area contributed by atoms with Crippen molar-refractivity contribution in [3.8, 4) is 0 Å². The molecule has 1 aromatic heterocycles. The Kier molecular flexibility index (Phi) is 2.42. The third kappa shape index (κ3) is 2.06. The first kappa shape index (κ1) is 10.2. The Bertz CT molecular complexity index is 445. The van der Waals surface area contributed by atoms with Crippen LogP contribution in [-0.2, 0) is 10.0 Å². The number of primary sulfonamides is 1. The molecule has 0 saturated heterocycles. The summed E-state index contributed by atoms with van der Waals surface area (Å²) in [4.78, 5) is 10.7. The summed E-state index contributed by atoms with van der Waals surface area (Å²) < 4.78 is 21.8. The number of aromatic carboxylic acids is 1. The number of carboxylic acids is 1. The van der Waals surface area contributed by atoms with Gasteiger partial charge in [-0.05, 0) is 13.0 Å². The number of thiophene rings is 1. The molecule has 0 atom stereocenters. The Labute approximate surface area is 78.9 Å². The average molecular weight is 221 g/mol. The molecule has 1 rings (SSSR count). The van der Waals surface area contributed by atoms with Gasteiger partial charge in [0.2, 0.25) is 10.0 Å². The van der Waals surface area contributed by atoms with Crippen molar-refractivity contribution in [3.63, 3.8) is 0 Å². The molecule has 7 heteroatoms. The molecule has 0 aliphatic carbocycles. The van der Waals surface area contributed by atoms with E-state index < -0.39 is 16.0 Å². The second-order valence-electron chi connectivity index (χ2n) is 2.38. The largest absolute Gasteiger partial charge is 0.477 e. The zero-order valence-corrected chi connectivity index (χ0v) is 8.28. The first-order chi connectivity index (χ1) is 5.82. The molecule has 0 aliphatic rings. The Hall–Kier alpha value is -0.920. The number of rotatable bonds is 2. The molecular formula is C6H7NO4S2. The molecule has 1 heterocycles. The van der Waals surface area contributed by atoms with Crippen LogP contribution in [-0.4, -0.2) is 19.5 Å². The van der Waals surface area contributed by atoms with Gasteiger partial charge < -0.3 is 5.11 Å². The Morgan fingerprint density at radius 2 is 2.15 bits per heavy atom. The summed E-state index contributed by atoms with van der Waals surface area (Å²) in [6.07, 6.45) is 0. The summed E-state index contributed by atoms with van der Waals surface area (Å²) in [6, 6.07) is 1.07. The van der Waals surface area contributed by atoms with E-state index in [0.717, 1.165) is 17.4 Å². The summed E-state index contributed by atoms with van der Waals surface area (Å²) in [5.41, 5.74) is 0. The van der Waals surface area contributed by atoms with E-state index >= 15 is 0 Å². The molecule has 0 unspecified atom stereocenters. The van der Waals surface area contributed by atoms with Gasteiger partial charge in [-0.3, -0.25) is 0 Å². The zero-order valence-electron chi connectivity index (χ0n) is 6.64. The van der Waals surface area contributed by atoms with Crippen molar-refractivity contribution >= 4 is 27.3 Å². The van der Waals surface area contributed by atoms with Gasteiger partial charge in [0.15, 0.2) is 0 Å². The van der Waals surface area contributed by atoms with Crippen LogP contribution in [0.25, 0.3) is 0 Å². The molecule has 13 heavy (non-hydrogen) atoms. The van der Waals surface area contributed by atoms with Crippen molar-refractivity contribution in [1.82, 2.24) is 0 Å². The number of hydrogen-bond donors (Lipinski definition) is 2. The maximum absolute atomic E-state index is 10.9. The Morgan fingerprint density at radius 3 is 2.38 bits per heavy atom. The van der Waals surface area contributed by atoms with Gasteiger partial charge in [-0.1, -0.05) is 0 Å². The minimum absolute atomic E-state index is 0.0264. The fourth-order valence-corrected chi connectivity index (χ4v) is 2.84. The summed E-state index contributed by atoms with van der Waals surface area (Å²) in [7, 11) is -3.80. The lowest BCUT2D eigenvalue weighted by Gasteiger charge is -1.92. The predicted octanol–water partition coefficient (Wildman–Crippen LogP) is 0.402. The molecule has 1 aromatic rings. The molecule has 0 aromatic carbocycles. The Balaban J connectivity index is 3.35. The van der Waals surface area contributed by atoms with E-state index in [9.17, 15) is 13.2 Å². The number of carbonyl (C=O) groups is 1. The molecule has 72 valence electrons. The molecule has 0 fully saturated rings. The van der Waals surface area contributed by atoms with Gasteiger partial charge in [0.25, 0.3) is 0 Å². The van der Waals surface area contributed by atoms with Crippen LogP contribution in [0.3, 0.4) is 0 Å². The summed E-state index contributed by atoms with van der Waals surface area (Å²) in [5.74, 6) is -1.15. The second-order valence-corrected chi connectivity index (χ2v) is 5.17. The highest BCUT2D eigenvalue weighted by atomic mass is 32.2. The van der Waals surface area contributed by atoms with Crippen LogP contribution in [0.1, 0.15) is 14.5 Å². The van der Waals surface area contributed by atoms with Crippen LogP contribution in [0.4, 0.5) is 0 Å². The van der Waals surface area contributed by atoms with Crippen molar-refractivity contribution < 1.29 is 18.3 Å². The summed E-state index contributed by atoms with van der Waals surface area (Å²) in [5, 5.41) is 13.4. The number of aryl methyl sites for hydroxylation is 1. The van der Waals surface area contributed by atoms with Crippen molar-refractivity contribution in [2.45, 2.75) is 11.8 Å². The van der Waals surface area contributed by atoms with Crippen molar-refractivity contribution in [1.29, 1.82) is 0 Å². The van der Waals surface area contributed by atoms with Crippen molar-refractivity contribution in [2.24, 2.45) is 5.14 Å². The maximum atomic E-state index is 10.9. The van der Waals surface area contributed by atoms with Gasteiger partial charge in [0.1, 0.15) is 4.88 Å². The smallest absolute Gasteiger partial charge is 0.345 e. The lowest BCUT2D eigenvalue weighted by atomic mass is 10.4. The number of sulfonamides is 1. The minimum Gasteiger partial charge on any atom is -0.477 e. The van der Waals surface area contributed by atoms with E-state index in [1.165, 1.54) is 6.92 Å². The number of hydrogen-bond acceptors (Lipinski definition) is 4. The highest BCUT2D eigenvalue weighted by Crippen LogP contribution is 2.24. The highest BCUT2D eigenvalue weighted by Gasteiger charge is 2.18. The summed E-state index contributed by atoms with van der Waals surface area (Å²) >= 11 is 0.891. The van der Waals surface area contributed by atoms with Gasteiger partial charge in [-0.2, -0.15) is 0 Å². The molecular weight excluding hydrogens is 214 g/mol. The van der Waals surface area contributed by atoms with E-state index in [-0.39, 0.29) is 9.77 Å². The van der Waals surface area contributed by atoms with E-state index in [4.69, 9.17) is 10.2 Å². The maximum Gasteiger partial charge on any atom is 0.345 e. The lowest BCUT2D eigenvalue weighted by Crippen LogP contribution is -2.12. The molecule has 0 radical (unpaired) electrons. The Morgan fingerprint density at radius 1 is 1.62 bits per heavy atom. The van der Waals surface area contributed by atoms with Gasteiger partial charge in [0, 0.05) is 4.88 Å². The SMILES string of the molecule is Cc1sc(C(=O)O)cc1S(N)(=O)=O. The lowest BCUT2D eigenvalue weighted by molar-refractivity contribution is 0.0702.